The van der Waals surface area contributed by atoms with E-state index < -0.39 is 4.92 Å². The van der Waals surface area contributed by atoms with E-state index in [-0.39, 0.29) is 25.2 Å². The van der Waals surface area contributed by atoms with Gasteiger partial charge in [-0.1, -0.05) is 29.3 Å². The Morgan fingerprint density at radius 1 is 1.39 bits per heavy atom. The van der Waals surface area contributed by atoms with Gasteiger partial charge in [-0.25, -0.2) is 0 Å². The summed E-state index contributed by atoms with van der Waals surface area (Å²) in [6.07, 6.45) is 3.34. The van der Waals surface area contributed by atoms with E-state index in [1.807, 2.05) is 0 Å². The van der Waals surface area contributed by atoms with Crippen molar-refractivity contribution in [3.63, 3.8) is 0 Å². The molecule has 1 rings (SSSR count). The van der Waals surface area contributed by atoms with Crippen molar-refractivity contribution < 1.29 is 9.72 Å². The van der Waals surface area contributed by atoms with Gasteiger partial charge in [0.05, 0.1) is 0 Å². The summed E-state index contributed by atoms with van der Waals surface area (Å²) in [5.41, 5.74) is 0.684. The minimum atomic E-state index is -0.437. The van der Waals surface area contributed by atoms with Crippen LogP contribution in [-0.2, 0) is 4.79 Å². The van der Waals surface area contributed by atoms with Crippen molar-refractivity contribution in [3.8, 4) is 0 Å². The molecule has 0 unspecified atom stereocenters. The summed E-state index contributed by atoms with van der Waals surface area (Å²) in [5.74, 6) is -0.164. The molecule has 6 heteroatoms. The number of carbonyl (C=O) groups excluding carboxylic acids is 1. The number of nitrogens with zero attached hydrogens (tertiary/aromatic N) is 1. The Labute approximate surface area is 114 Å². The van der Waals surface area contributed by atoms with Gasteiger partial charge >= 0.3 is 0 Å². The maximum absolute atomic E-state index is 11.4. The second kappa shape index (κ2) is 7.13. The lowest BCUT2D eigenvalue weighted by atomic mass is 10.1. The SMILES string of the molecule is O=C(C=Cc1ccc(Cl)cc1Cl)CCC[N+](=O)[O-]. The van der Waals surface area contributed by atoms with E-state index in [1.54, 1.807) is 24.3 Å². The first-order valence-corrected chi connectivity index (χ1v) is 6.02. The average Bonchev–Trinajstić information content (AvgIpc) is 2.27. The largest absolute Gasteiger partial charge is 0.295 e. The summed E-state index contributed by atoms with van der Waals surface area (Å²) in [6.45, 7) is -0.193. The van der Waals surface area contributed by atoms with Gasteiger partial charge in [0.25, 0.3) is 0 Å². The van der Waals surface area contributed by atoms with Crippen molar-refractivity contribution in [2.75, 3.05) is 6.54 Å². The molecule has 18 heavy (non-hydrogen) atoms. The highest BCUT2D eigenvalue weighted by molar-refractivity contribution is 6.35. The highest BCUT2D eigenvalue weighted by atomic mass is 35.5. The molecule has 0 aromatic heterocycles. The van der Waals surface area contributed by atoms with Gasteiger partial charge in [0.2, 0.25) is 6.54 Å². The molecule has 0 aliphatic rings. The second-order valence-corrected chi connectivity index (χ2v) is 4.47. The van der Waals surface area contributed by atoms with Crippen molar-refractivity contribution in [2.45, 2.75) is 12.8 Å². The zero-order valence-corrected chi connectivity index (χ0v) is 10.9. The van der Waals surface area contributed by atoms with E-state index in [9.17, 15) is 14.9 Å². The van der Waals surface area contributed by atoms with Crippen molar-refractivity contribution in [1.82, 2.24) is 0 Å². The van der Waals surface area contributed by atoms with Crippen molar-refractivity contribution >= 4 is 35.1 Å². The summed E-state index contributed by atoms with van der Waals surface area (Å²) in [6, 6.07) is 4.95. The fourth-order valence-corrected chi connectivity index (χ4v) is 1.76. The molecule has 0 fully saturated rings. The second-order valence-electron chi connectivity index (χ2n) is 3.63. The molecule has 0 bridgehead atoms. The van der Waals surface area contributed by atoms with Gasteiger partial charge in [0.15, 0.2) is 5.78 Å². The third-order valence-electron chi connectivity index (χ3n) is 2.18. The molecule has 4 nitrogen and oxygen atoms in total. The number of rotatable bonds is 6. The van der Waals surface area contributed by atoms with E-state index in [0.717, 1.165) is 0 Å². The lowest BCUT2D eigenvalue weighted by Crippen LogP contribution is -2.03. The van der Waals surface area contributed by atoms with Crippen LogP contribution in [0.5, 0.6) is 0 Å². The number of carbonyl (C=O) groups is 1. The molecule has 0 radical (unpaired) electrons. The number of ketones is 1. The van der Waals surface area contributed by atoms with Crippen molar-refractivity contribution in [2.24, 2.45) is 0 Å². The zero-order valence-electron chi connectivity index (χ0n) is 9.44. The van der Waals surface area contributed by atoms with Gasteiger partial charge < -0.3 is 0 Å². The Morgan fingerprint density at radius 2 is 2.11 bits per heavy atom. The Balaban J connectivity index is 2.53. The Bertz CT molecular complexity index is 486. The molecule has 0 amide bonds. The van der Waals surface area contributed by atoms with E-state index in [0.29, 0.717) is 15.6 Å². The van der Waals surface area contributed by atoms with Crippen LogP contribution in [-0.4, -0.2) is 17.3 Å². The molecule has 1 aromatic rings. The molecule has 0 saturated carbocycles. The fourth-order valence-electron chi connectivity index (χ4n) is 1.29. The molecular formula is C12H11Cl2NO3. The topological polar surface area (TPSA) is 60.2 Å². The normalized spacial score (nSPS) is 10.8. The van der Waals surface area contributed by atoms with Gasteiger partial charge in [-0.2, -0.15) is 0 Å². The van der Waals surface area contributed by atoms with E-state index >= 15 is 0 Å². The standard InChI is InChI=1S/C12H11Cl2NO3/c13-10-5-3-9(12(14)8-10)4-6-11(16)2-1-7-15(17)18/h3-6,8H,1-2,7H2. The molecule has 96 valence electrons. The highest BCUT2D eigenvalue weighted by Gasteiger charge is 2.02. The molecule has 0 aliphatic carbocycles. The number of benzene rings is 1. The third-order valence-corrected chi connectivity index (χ3v) is 2.74. The third kappa shape index (κ3) is 5.29. The monoisotopic (exact) mass is 287 g/mol. The first-order valence-electron chi connectivity index (χ1n) is 5.27. The van der Waals surface area contributed by atoms with Crippen LogP contribution >= 0.6 is 23.2 Å². The zero-order chi connectivity index (χ0) is 13.5. The maximum Gasteiger partial charge on any atom is 0.204 e. The smallest absolute Gasteiger partial charge is 0.204 e. The Morgan fingerprint density at radius 3 is 2.72 bits per heavy atom. The molecule has 0 heterocycles. The average molecular weight is 288 g/mol. The molecule has 0 atom stereocenters. The minimum Gasteiger partial charge on any atom is -0.295 e. The fraction of sp³-hybridized carbons (Fsp3) is 0.250. The molecule has 0 saturated heterocycles. The van der Waals surface area contributed by atoms with Gasteiger partial charge in [0, 0.05) is 27.8 Å². The predicted octanol–water partition coefficient (Wildman–Crippen LogP) is 3.63. The summed E-state index contributed by atoms with van der Waals surface area (Å²) in [7, 11) is 0. The number of nitro groups is 1. The van der Waals surface area contributed by atoms with Crippen molar-refractivity contribution in [1.29, 1.82) is 0 Å². The van der Waals surface area contributed by atoms with Crippen molar-refractivity contribution in [3.05, 3.63) is 50.0 Å². The number of hydrogen-bond acceptors (Lipinski definition) is 3. The first kappa shape index (κ1) is 14.7. The lowest BCUT2D eigenvalue weighted by molar-refractivity contribution is -0.480. The molecule has 0 N–H and O–H groups in total. The first-order chi connectivity index (χ1) is 8.49. The van der Waals surface area contributed by atoms with Crippen LogP contribution in [0.4, 0.5) is 0 Å². The Hall–Kier alpha value is -1.39. The molecule has 0 spiro atoms. The summed E-state index contributed by atoms with van der Waals surface area (Å²) >= 11 is 11.7. The summed E-state index contributed by atoms with van der Waals surface area (Å²) in [5, 5.41) is 11.1. The number of halogens is 2. The summed E-state index contributed by atoms with van der Waals surface area (Å²) in [4.78, 5) is 21.0. The quantitative estimate of drug-likeness (QED) is 0.456. The minimum absolute atomic E-state index is 0.155. The van der Waals surface area contributed by atoms with E-state index in [4.69, 9.17) is 23.2 Å². The number of allylic oxidation sites excluding steroid dienone is 1. The van der Waals surface area contributed by atoms with Crippen LogP contribution in [0.15, 0.2) is 24.3 Å². The van der Waals surface area contributed by atoms with Crippen LogP contribution in [0.3, 0.4) is 0 Å². The van der Waals surface area contributed by atoms with Gasteiger partial charge in [-0.05, 0) is 29.8 Å². The van der Waals surface area contributed by atoms with Gasteiger partial charge in [-0.15, -0.1) is 0 Å². The van der Waals surface area contributed by atoms with E-state index in [2.05, 4.69) is 0 Å². The van der Waals surface area contributed by atoms with Gasteiger partial charge in [-0.3, -0.25) is 14.9 Å². The van der Waals surface area contributed by atoms with Crippen LogP contribution in [0.2, 0.25) is 10.0 Å². The summed E-state index contributed by atoms with van der Waals surface area (Å²) < 4.78 is 0. The van der Waals surface area contributed by atoms with Crippen LogP contribution in [0.1, 0.15) is 18.4 Å². The molecule has 1 aromatic carbocycles. The highest BCUT2D eigenvalue weighted by Crippen LogP contribution is 2.22. The van der Waals surface area contributed by atoms with Gasteiger partial charge in [0.1, 0.15) is 0 Å². The Kier molecular flexibility index (Phi) is 5.82. The lowest BCUT2D eigenvalue weighted by Gasteiger charge is -1.98. The molecular weight excluding hydrogens is 277 g/mol. The molecule has 0 aliphatic heterocycles. The number of hydrogen-bond donors (Lipinski definition) is 0. The maximum atomic E-state index is 11.4. The van der Waals surface area contributed by atoms with Crippen LogP contribution in [0.25, 0.3) is 6.08 Å². The van der Waals surface area contributed by atoms with E-state index in [1.165, 1.54) is 6.08 Å². The van der Waals surface area contributed by atoms with Crippen LogP contribution in [0, 0.1) is 10.1 Å². The van der Waals surface area contributed by atoms with Crippen LogP contribution < -0.4 is 0 Å². The predicted molar refractivity (Wildman–Crippen MR) is 71.6 cm³/mol.